The van der Waals surface area contributed by atoms with Gasteiger partial charge < -0.3 is 28.8 Å². The molecule has 212 valence electrons. The maximum atomic E-state index is 11.8. The van der Waals surface area contributed by atoms with Gasteiger partial charge >= 0.3 is 0 Å². The molecule has 0 saturated heterocycles. The van der Waals surface area contributed by atoms with Gasteiger partial charge in [0.05, 0.1) is 5.69 Å². The molecule has 4 heterocycles. The van der Waals surface area contributed by atoms with Crippen LogP contribution in [0.4, 0.5) is 5.82 Å². The number of anilines is 1. The van der Waals surface area contributed by atoms with Crippen LogP contribution >= 0.6 is 0 Å². The maximum Gasteiger partial charge on any atom is 0.225 e. The Morgan fingerprint density at radius 3 is 2.76 bits per heavy atom. The lowest BCUT2D eigenvalue weighted by atomic mass is 10.1. The number of hydrogen-bond acceptors (Lipinski definition) is 7. The number of amides is 1. The largest absolute Gasteiger partial charge is 0.485 e. The first-order chi connectivity index (χ1) is 19.8. The van der Waals surface area contributed by atoms with Gasteiger partial charge in [0.2, 0.25) is 5.91 Å². The van der Waals surface area contributed by atoms with Gasteiger partial charge in [0.25, 0.3) is 0 Å². The van der Waals surface area contributed by atoms with Gasteiger partial charge in [-0.3, -0.25) is 4.79 Å². The highest BCUT2D eigenvalue weighted by molar-refractivity contribution is 6.76. The van der Waals surface area contributed by atoms with Crippen molar-refractivity contribution in [2.45, 2.75) is 51.4 Å². The van der Waals surface area contributed by atoms with Crippen LogP contribution in [0.5, 0.6) is 23.0 Å². The van der Waals surface area contributed by atoms with Crippen LogP contribution < -0.4 is 19.5 Å². The van der Waals surface area contributed by atoms with Crippen LogP contribution in [-0.4, -0.2) is 41.7 Å². The number of fused-ring (bicyclic) bond motifs is 2. The minimum atomic E-state index is -1.20. The number of nitrogens with zero attached hydrogens (tertiary/aromatic N) is 3. The van der Waals surface area contributed by atoms with Crippen LogP contribution in [0, 0.1) is 0 Å². The zero-order valence-electron chi connectivity index (χ0n) is 23.6. The number of hydrogen-bond donors (Lipinski definition) is 1. The monoisotopic (exact) mass is 570 g/mol. The van der Waals surface area contributed by atoms with Crippen molar-refractivity contribution in [3.63, 3.8) is 0 Å². The number of imidazole rings is 1. The zero-order chi connectivity index (χ0) is 28.4. The molecule has 2 aromatic heterocycles. The smallest absolute Gasteiger partial charge is 0.225 e. The molecular formula is C31H34N4O5Si. The molecule has 6 rings (SSSR count). The highest BCUT2D eigenvalue weighted by Gasteiger charge is 2.29. The average Bonchev–Trinajstić information content (AvgIpc) is 3.39. The van der Waals surface area contributed by atoms with Crippen LogP contribution in [0.2, 0.25) is 25.7 Å². The Hall–Kier alpha value is -4.15. The van der Waals surface area contributed by atoms with Crippen LogP contribution in [0.1, 0.15) is 23.9 Å². The van der Waals surface area contributed by atoms with E-state index in [0.29, 0.717) is 61.6 Å². The standard InChI is InChI=1S/C31H34N4O5Si/c1-41(2,3)16-15-37-20-35-18-24(21-7-5-4-6-8-21)33-31(35)28-19-38-26-11-9-22(17-27(26)40-28)39-25-13-14-32-30-23(25)10-12-29(36)34-30/h4-9,11,13-14,17-18,28H,10,12,15-16,19-20H2,1-3H3,(H,32,34,36)/t28-/m1/s1. The Kier molecular flexibility index (Phi) is 7.50. The molecule has 9 nitrogen and oxygen atoms in total. The van der Waals surface area contributed by atoms with E-state index < -0.39 is 14.2 Å². The molecule has 0 saturated carbocycles. The second kappa shape index (κ2) is 11.4. The molecule has 2 aliphatic heterocycles. The Morgan fingerprint density at radius 2 is 1.93 bits per heavy atom. The Labute approximate surface area is 240 Å². The van der Waals surface area contributed by atoms with E-state index in [1.54, 1.807) is 12.3 Å². The van der Waals surface area contributed by atoms with Crippen molar-refractivity contribution in [2.24, 2.45) is 0 Å². The molecule has 0 aliphatic carbocycles. The molecule has 1 amide bonds. The molecule has 0 unspecified atom stereocenters. The van der Waals surface area contributed by atoms with Crippen LogP contribution in [0.25, 0.3) is 11.3 Å². The molecule has 0 radical (unpaired) electrons. The number of aromatic nitrogens is 3. The third-order valence-corrected chi connectivity index (χ3v) is 8.77. The summed E-state index contributed by atoms with van der Waals surface area (Å²) in [6.07, 6.45) is 4.19. The van der Waals surface area contributed by atoms with Crippen molar-refractivity contribution in [3.05, 3.63) is 78.4 Å². The van der Waals surface area contributed by atoms with E-state index in [2.05, 4.69) is 29.9 Å². The number of nitrogens with one attached hydrogen (secondary N) is 1. The quantitative estimate of drug-likeness (QED) is 0.183. The number of rotatable bonds is 9. The average molecular weight is 571 g/mol. The lowest BCUT2D eigenvalue weighted by molar-refractivity contribution is -0.116. The predicted octanol–water partition coefficient (Wildman–Crippen LogP) is 6.45. The third-order valence-electron chi connectivity index (χ3n) is 7.07. The number of carbonyl (C=O) groups is 1. The maximum absolute atomic E-state index is 11.8. The van der Waals surface area contributed by atoms with Crippen molar-refractivity contribution >= 4 is 19.8 Å². The Balaban J connectivity index is 1.23. The molecule has 0 spiro atoms. The number of carbonyl (C=O) groups excluding carboxylic acids is 1. The summed E-state index contributed by atoms with van der Waals surface area (Å²) in [5, 5.41) is 2.81. The van der Waals surface area contributed by atoms with Gasteiger partial charge in [-0.05, 0) is 30.7 Å². The number of pyridine rings is 1. The van der Waals surface area contributed by atoms with E-state index >= 15 is 0 Å². The summed E-state index contributed by atoms with van der Waals surface area (Å²) < 4.78 is 26.9. The molecule has 2 aliphatic rings. The van der Waals surface area contributed by atoms with E-state index in [4.69, 9.17) is 23.9 Å². The van der Waals surface area contributed by atoms with Gasteiger partial charge in [0.1, 0.15) is 30.7 Å². The van der Waals surface area contributed by atoms with Crippen LogP contribution in [0.3, 0.4) is 0 Å². The molecule has 2 aromatic carbocycles. The zero-order valence-corrected chi connectivity index (χ0v) is 24.6. The van der Waals surface area contributed by atoms with E-state index in [-0.39, 0.29) is 5.91 Å². The van der Waals surface area contributed by atoms with Crippen molar-refractivity contribution in [3.8, 4) is 34.3 Å². The fraction of sp³-hybridized carbons (Fsp3) is 0.323. The lowest BCUT2D eigenvalue weighted by Crippen LogP contribution is -2.26. The molecule has 1 N–H and O–H groups in total. The first kappa shape index (κ1) is 27.0. The highest BCUT2D eigenvalue weighted by atomic mass is 28.3. The number of benzene rings is 2. The summed E-state index contributed by atoms with van der Waals surface area (Å²) in [6.45, 7) is 8.45. The molecule has 0 bridgehead atoms. The minimum Gasteiger partial charge on any atom is -0.485 e. The second-order valence-electron chi connectivity index (χ2n) is 11.5. The van der Waals surface area contributed by atoms with Gasteiger partial charge in [-0.15, -0.1) is 0 Å². The van der Waals surface area contributed by atoms with Gasteiger partial charge in [0.15, 0.2) is 23.4 Å². The summed E-state index contributed by atoms with van der Waals surface area (Å²) >= 11 is 0. The molecular weight excluding hydrogens is 536 g/mol. The summed E-state index contributed by atoms with van der Waals surface area (Å²) in [7, 11) is -1.20. The molecule has 1 atom stereocenters. The van der Waals surface area contributed by atoms with E-state index in [9.17, 15) is 4.79 Å². The lowest BCUT2D eigenvalue weighted by Gasteiger charge is -2.27. The molecule has 4 aromatic rings. The van der Waals surface area contributed by atoms with Gasteiger partial charge in [-0.25, -0.2) is 9.97 Å². The van der Waals surface area contributed by atoms with E-state index in [0.717, 1.165) is 28.7 Å². The highest BCUT2D eigenvalue weighted by Crippen LogP contribution is 2.41. The van der Waals surface area contributed by atoms with Gasteiger partial charge in [-0.2, -0.15) is 0 Å². The summed E-state index contributed by atoms with van der Waals surface area (Å²) in [6, 6.07) is 18.5. The Bertz CT molecular complexity index is 1550. The van der Waals surface area contributed by atoms with Crippen molar-refractivity contribution < 1.29 is 23.7 Å². The van der Waals surface area contributed by atoms with E-state index in [1.807, 2.05) is 59.3 Å². The normalized spacial score (nSPS) is 16.2. The second-order valence-corrected chi connectivity index (χ2v) is 17.1. The minimum absolute atomic E-state index is 0.0391. The summed E-state index contributed by atoms with van der Waals surface area (Å²) in [5.74, 6) is 3.72. The fourth-order valence-electron chi connectivity index (χ4n) is 4.80. The van der Waals surface area contributed by atoms with Crippen molar-refractivity contribution in [1.29, 1.82) is 0 Å². The predicted molar refractivity (Wildman–Crippen MR) is 158 cm³/mol. The summed E-state index contributed by atoms with van der Waals surface area (Å²) in [4.78, 5) is 21.0. The van der Waals surface area contributed by atoms with Gasteiger partial charge in [-0.1, -0.05) is 50.0 Å². The van der Waals surface area contributed by atoms with Gasteiger partial charge in [0, 0.05) is 50.7 Å². The SMILES string of the molecule is C[Si](C)(C)CCOCn1cc(-c2ccccc2)nc1[C@H]1COc2ccc(Oc3ccnc4c3CCC(=O)N4)cc2O1. The van der Waals surface area contributed by atoms with Crippen molar-refractivity contribution in [2.75, 3.05) is 18.5 Å². The fourth-order valence-corrected chi connectivity index (χ4v) is 5.56. The van der Waals surface area contributed by atoms with Crippen molar-refractivity contribution in [1.82, 2.24) is 14.5 Å². The first-order valence-corrected chi connectivity index (χ1v) is 17.6. The van der Waals surface area contributed by atoms with E-state index in [1.165, 1.54) is 0 Å². The summed E-state index contributed by atoms with van der Waals surface area (Å²) in [5.41, 5.74) is 2.76. The van der Waals surface area contributed by atoms with Crippen LogP contribution in [-0.2, 0) is 22.7 Å². The third kappa shape index (κ3) is 6.28. The topological polar surface area (TPSA) is 96.7 Å². The number of ether oxygens (including phenoxy) is 4. The first-order valence-electron chi connectivity index (χ1n) is 13.9. The Morgan fingerprint density at radius 1 is 1.07 bits per heavy atom. The molecule has 0 fully saturated rings. The van der Waals surface area contributed by atoms with Crippen LogP contribution in [0.15, 0.2) is 67.0 Å². The molecule has 10 heteroatoms. The molecule has 41 heavy (non-hydrogen) atoms.